The molecule has 3 N–H and O–H groups in total. The summed E-state index contributed by atoms with van der Waals surface area (Å²) in [5.74, 6) is -0.996. The van der Waals surface area contributed by atoms with Crippen molar-refractivity contribution in [3.63, 3.8) is 0 Å². The Morgan fingerprint density at radius 1 is 1.40 bits per heavy atom. The van der Waals surface area contributed by atoms with Gasteiger partial charge in [-0.1, -0.05) is 17.7 Å². The van der Waals surface area contributed by atoms with E-state index in [4.69, 9.17) is 22.4 Å². The van der Waals surface area contributed by atoms with Crippen LogP contribution in [0.3, 0.4) is 0 Å². The molecule has 1 unspecified atom stereocenters. The van der Waals surface area contributed by atoms with E-state index in [-0.39, 0.29) is 6.42 Å². The Hall–Kier alpha value is -1.30. The minimum atomic E-state index is -0.996. The molecule has 0 bridgehead atoms. The highest BCUT2D eigenvalue weighted by Gasteiger charge is 2.18. The fourth-order valence-electron chi connectivity index (χ4n) is 2.32. The first-order valence-corrected chi connectivity index (χ1v) is 7.05. The van der Waals surface area contributed by atoms with Crippen LogP contribution in [0.5, 0.6) is 0 Å². The maximum atomic E-state index is 10.8. The van der Waals surface area contributed by atoms with Crippen LogP contribution in [0.2, 0.25) is 5.02 Å². The second-order valence-corrected chi connectivity index (χ2v) is 5.63. The fraction of sp³-hybridized carbons (Fsp3) is 0.500. The highest BCUT2D eigenvalue weighted by atomic mass is 35.5. The summed E-state index contributed by atoms with van der Waals surface area (Å²) in [4.78, 5) is 15.3. The largest absolute Gasteiger partial charge is 0.480 e. The Kier molecular flexibility index (Phi) is 4.86. The SMILES string of the molecule is CN1CCN(c2ccc(CC(N)C(=O)O)cc2Cl)CC1. The number of piperazine rings is 1. The Bertz CT molecular complexity index is 487. The molecule has 1 aliphatic heterocycles. The molecule has 6 heteroatoms. The molecule has 1 saturated heterocycles. The molecular formula is C14H20ClN3O2. The third-order valence-corrected chi connectivity index (χ3v) is 3.93. The van der Waals surface area contributed by atoms with Crippen molar-refractivity contribution < 1.29 is 9.90 Å². The summed E-state index contributed by atoms with van der Waals surface area (Å²) in [6, 6.07) is 4.79. The zero-order valence-electron chi connectivity index (χ0n) is 11.6. The minimum Gasteiger partial charge on any atom is -0.480 e. The lowest BCUT2D eigenvalue weighted by Gasteiger charge is -2.34. The van der Waals surface area contributed by atoms with Gasteiger partial charge in [-0.2, -0.15) is 0 Å². The number of anilines is 1. The number of rotatable bonds is 4. The molecule has 20 heavy (non-hydrogen) atoms. The zero-order valence-corrected chi connectivity index (χ0v) is 12.3. The van der Waals surface area contributed by atoms with Crippen molar-refractivity contribution in [1.29, 1.82) is 0 Å². The summed E-state index contributed by atoms with van der Waals surface area (Å²) in [6.07, 6.45) is 0.290. The van der Waals surface area contributed by atoms with Crippen LogP contribution in [0.4, 0.5) is 5.69 Å². The number of nitrogens with zero attached hydrogens (tertiary/aromatic N) is 2. The smallest absolute Gasteiger partial charge is 0.320 e. The molecule has 1 aliphatic rings. The molecule has 110 valence electrons. The molecule has 2 rings (SSSR count). The minimum absolute atomic E-state index is 0.290. The van der Waals surface area contributed by atoms with Gasteiger partial charge in [0, 0.05) is 26.2 Å². The van der Waals surface area contributed by atoms with Crippen LogP contribution in [0.25, 0.3) is 0 Å². The first-order valence-electron chi connectivity index (χ1n) is 6.67. The Morgan fingerprint density at radius 2 is 2.05 bits per heavy atom. The third-order valence-electron chi connectivity index (χ3n) is 3.63. The quantitative estimate of drug-likeness (QED) is 0.869. The molecule has 1 aromatic carbocycles. The average molecular weight is 298 g/mol. The Labute approximate surface area is 123 Å². The lowest BCUT2D eigenvalue weighted by atomic mass is 10.1. The predicted octanol–water partition coefficient (Wildman–Crippen LogP) is 1.05. The van der Waals surface area contributed by atoms with Crippen LogP contribution in [0.1, 0.15) is 5.56 Å². The van der Waals surface area contributed by atoms with Gasteiger partial charge in [0.05, 0.1) is 10.7 Å². The van der Waals surface area contributed by atoms with E-state index in [0.717, 1.165) is 37.4 Å². The molecule has 0 amide bonds. The summed E-state index contributed by atoms with van der Waals surface area (Å²) < 4.78 is 0. The van der Waals surface area contributed by atoms with Gasteiger partial charge in [0.25, 0.3) is 0 Å². The highest BCUT2D eigenvalue weighted by molar-refractivity contribution is 6.33. The van der Waals surface area contributed by atoms with Gasteiger partial charge in [-0.3, -0.25) is 4.79 Å². The van der Waals surface area contributed by atoms with Crippen molar-refractivity contribution in [1.82, 2.24) is 4.90 Å². The van der Waals surface area contributed by atoms with Gasteiger partial charge < -0.3 is 20.6 Å². The van der Waals surface area contributed by atoms with Crippen LogP contribution in [-0.4, -0.2) is 55.2 Å². The van der Waals surface area contributed by atoms with Crippen LogP contribution in [0.15, 0.2) is 18.2 Å². The van der Waals surface area contributed by atoms with Crippen LogP contribution in [0, 0.1) is 0 Å². The lowest BCUT2D eigenvalue weighted by Crippen LogP contribution is -2.44. The van der Waals surface area contributed by atoms with Gasteiger partial charge in [0.2, 0.25) is 0 Å². The molecule has 1 aromatic rings. The number of benzene rings is 1. The summed E-state index contributed by atoms with van der Waals surface area (Å²) in [6.45, 7) is 3.93. The van der Waals surface area contributed by atoms with E-state index in [1.165, 1.54) is 0 Å². The van der Waals surface area contributed by atoms with Crippen molar-refractivity contribution in [2.24, 2.45) is 5.73 Å². The predicted molar refractivity (Wildman–Crippen MR) is 80.5 cm³/mol. The molecule has 0 radical (unpaired) electrons. The van der Waals surface area contributed by atoms with Crippen LogP contribution < -0.4 is 10.6 Å². The van der Waals surface area contributed by atoms with Gasteiger partial charge in [0.1, 0.15) is 6.04 Å². The molecule has 1 fully saturated rings. The summed E-state index contributed by atoms with van der Waals surface area (Å²) >= 11 is 6.32. The number of halogens is 1. The van der Waals surface area contributed by atoms with Gasteiger partial charge in [0.15, 0.2) is 0 Å². The van der Waals surface area contributed by atoms with Gasteiger partial charge in [-0.25, -0.2) is 0 Å². The monoisotopic (exact) mass is 297 g/mol. The molecule has 0 saturated carbocycles. The fourth-order valence-corrected chi connectivity index (χ4v) is 2.65. The van der Waals surface area contributed by atoms with E-state index in [1.54, 1.807) is 0 Å². The molecule has 0 spiro atoms. The number of hydrogen-bond acceptors (Lipinski definition) is 4. The first kappa shape index (κ1) is 15.1. The van der Waals surface area contributed by atoms with Crippen LogP contribution >= 0.6 is 11.6 Å². The maximum absolute atomic E-state index is 10.8. The summed E-state index contributed by atoms with van der Waals surface area (Å²) in [5, 5.41) is 9.48. The second-order valence-electron chi connectivity index (χ2n) is 5.22. The zero-order chi connectivity index (χ0) is 14.7. The van der Waals surface area contributed by atoms with Gasteiger partial charge in [-0.15, -0.1) is 0 Å². The number of nitrogens with two attached hydrogens (primary N) is 1. The van der Waals surface area contributed by atoms with E-state index >= 15 is 0 Å². The van der Waals surface area contributed by atoms with Crippen molar-refractivity contribution in [3.8, 4) is 0 Å². The van der Waals surface area contributed by atoms with E-state index in [0.29, 0.717) is 5.02 Å². The number of carboxylic acid groups (broad SMARTS) is 1. The number of carbonyl (C=O) groups is 1. The van der Waals surface area contributed by atoms with E-state index in [9.17, 15) is 4.79 Å². The Morgan fingerprint density at radius 3 is 2.60 bits per heavy atom. The van der Waals surface area contributed by atoms with Crippen molar-refractivity contribution in [3.05, 3.63) is 28.8 Å². The lowest BCUT2D eigenvalue weighted by molar-refractivity contribution is -0.138. The second kappa shape index (κ2) is 6.43. The molecule has 0 aliphatic carbocycles. The molecule has 1 atom stereocenters. The molecule has 0 aromatic heterocycles. The standard InChI is InChI=1S/C14H20ClN3O2/c1-17-4-6-18(7-5-17)13-3-2-10(8-11(13)15)9-12(16)14(19)20/h2-3,8,12H,4-7,9,16H2,1H3,(H,19,20). The van der Waals surface area contributed by atoms with E-state index < -0.39 is 12.0 Å². The number of aliphatic carboxylic acids is 1. The molecule has 5 nitrogen and oxygen atoms in total. The first-order chi connectivity index (χ1) is 9.47. The average Bonchev–Trinajstić information content (AvgIpc) is 2.40. The molecule has 1 heterocycles. The molecular weight excluding hydrogens is 278 g/mol. The normalized spacial score (nSPS) is 18.1. The number of carboxylic acids is 1. The highest BCUT2D eigenvalue weighted by Crippen LogP contribution is 2.28. The summed E-state index contributed by atoms with van der Waals surface area (Å²) in [5.41, 5.74) is 7.39. The van der Waals surface area contributed by atoms with Crippen molar-refractivity contribution in [2.45, 2.75) is 12.5 Å². The van der Waals surface area contributed by atoms with Crippen LogP contribution in [-0.2, 0) is 11.2 Å². The maximum Gasteiger partial charge on any atom is 0.320 e. The summed E-state index contributed by atoms with van der Waals surface area (Å²) in [7, 11) is 2.11. The number of likely N-dealkylation sites (N-methyl/N-ethyl adjacent to an activating group) is 1. The van der Waals surface area contributed by atoms with E-state index in [2.05, 4.69) is 16.8 Å². The topological polar surface area (TPSA) is 69.8 Å². The number of hydrogen-bond donors (Lipinski definition) is 2. The third kappa shape index (κ3) is 3.62. The van der Waals surface area contributed by atoms with Crippen molar-refractivity contribution >= 4 is 23.3 Å². The van der Waals surface area contributed by atoms with E-state index in [1.807, 2.05) is 18.2 Å². The Balaban J connectivity index is 2.08. The van der Waals surface area contributed by atoms with Gasteiger partial charge in [-0.05, 0) is 31.2 Å². The van der Waals surface area contributed by atoms with Gasteiger partial charge >= 0.3 is 5.97 Å². The van der Waals surface area contributed by atoms with Crippen molar-refractivity contribution in [2.75, 3.05) is 38.1 Å².